The lowest BCUT2D eigenvalue weighted by atomic mass is 10.2. The Morgan fingerprint density at radius 3 is 3.27 bits per heavy atom. The fourth-order valence-corrected chi connectivity index (χ4v) is 3.07. The van der Waals surface area contributed by atoms with Crippen LogP contribution in [0.3, 0.4) is 0 Å². The quantitative estimate of drug-likeness (QED) is 0.794. The van der Waals surface area contributed by atoms with Gasteiger partial charge in [-0.05, 0) is 18.2 Å². The van der Waals surface area contributed by atoms with E-state index >= 15 is 0 Å². The fourth-order valence-electron chi connectivity index (χ4n) is 2.41. The van der Waals surface area contributed by atoms with E-state index in [1.165, 1.54) is 0 Å². The molecule has 0 bridgehead atoms. The van der Waals surface area contributed by atoms with Crippen molar-refractivity contribution in [3.63, 3.8) is 0 Å². The van der Waals surface area contributed by atoms with E-state index in [0.717, 1.165) is 42.6 Å². The zero-order chi connectivity index (χ0) is 15.2. The second kappa shape index (κ2) is 7.41. The number of thiazole rings is 1. The number of rotatable bonds is 5. The summed E-state index contributed by atoms with van der Waals surface area (Å²) in [5.74, 6) is 3.40. The Labute approximate surface area is 134 Å². The molecule has 1 fully saturated rings. The normalized spacial score (nSPS) is 18.8. The van der Waals surface area contributed by atoms with Crippen LogP contribution < -0.4 is 4.74 Å². The molecule has 5 heteroatoms. The van der Waals surface area contributed by atoms with Crippen molar-refractivity contribution in [2.45, 2.75) is 12.6 Å². The van der Waals surface area contributed by atoms with Gasteiger partial charge in [-0.3, -0.25) is 4.90 Å². The van der Waals surface area contributed by atoms with Gasteiger partial charge in [0.2, 0.25) is 0 Å². The Kier molecular flexibility index (Phi) is 5.07. The van der Waals surface area contributed by atoms with Gasteiger partial charge in [0.1, 0.15) is 23.5 Å². The Balaban J connectivity index is 1.51. The third-order valence-corrected chi connectivity index (χ3v) is 4.27. The molecule has 3 rings (SSSR count). The lowest BCUT2D eigenvalue weighted by Gasteiger charge is -2.32. The summed E-state index contributed by atoms with van der Waals surface area (Å²) in [6.45, 7) is 3.92. The standard InChI is InChI=1S/C17H18N2O2S/c1-2-14-4-3-5-15(10-14)21-13-16-11-19(7-8-20-16)12-17-18-6-9-22-17/h1,3-6,9-10,16H,7-8,11-13H2. The van der Waals surface area contributed by atoms with Crippen molar-refractivity contribution in [1.82, 2.24) is 9.88 Å². The van der Waals surface area contributed by atoms with Gasteiger partial charge in [0, 0.05) is 30.2 Å². The lowest BCUT2D eigenvalue weighted by Crippen LogP contribution is -2.44. The van der Waals surface area contributed by atoms with Gasteiger partial charge in [0.25, 0.3) is 0 Å². The highest BCUT2D eigenvalue weighted by molar-refractivity contribution is 7.09. The molecule has 0 aliphatic carbocycles. The van der Waals surface area contributed by atoms with Gasteiger partial charge in [0.15, 0.2) is 0 Å². The summed E-state index contributed by atoms with van der Waals surface area (Å²) >= 11 is 1.69. The number of hydrogen-bond donors (Lipinski definition) is 0. The van der Waals surface area contributed by atoms with Crippen molar-refractivity contribution < 1.29 is 9.47 Å². The third kappa shape index (κ3) is 4.08. The molecule has 0 radical (unpaired) electrons. The summed E-state index contributed by atoms with van der Waals surface area (Å²) in [5, 5.41) is 3.15. The predicted octanol–water partition coefficient (Wildman–Crippen LogP) is 2.40. The molecule has 1 aromatic heterocycles. The fraction of sp³-hybridized carbons (Fsp3) is 0.353. The van der Waals surface area contributed by atoms with Gasteiger partial charge in [-0.25, -0.2) is 4.98 Å². The second-order valence-corrected chi connectivity index (χ2v) is 6.12. The molecule has 1 aliphatic rings. The average molecular weight is 314 g/mol. The molecule has 0 saturated carbocycles. The van der Waals surface area contributed by atoms with E-state index in [4.69, 9.17) is 15.9 Å². The Morgan fingerprint density at radius 1 is 1.50 bits per heavy atom. The number of terminal acetylenes is 1. The van der Waals surface area contributed by atoms with Crippen LogP contribution in [0.25, 0.3) is 0 Å². The van der Waals surface area contributed by atoms with E-state index in [1.807, 2.05) is 35.8 Å². The minimum atomic E-state index is 0.0724. The zero-order valence-electron chi connectivity index (χ0n) is 12.3. The van der Waals surface area contributed by atoms with E-state index in [0.29, 0.717) is 6.61 Å². The highest BCUT2D eigenvalue weighted by Gasteiger charge is 2.21. The van der Waals surface area contributed by atoms with Crippen molar-refractivity contribution in [1.29, 1.82) is 0 Å². The number of ether oxygens (including phenoxy) is 2. The van der Waals surface area contributed by atoms with Crippen LogP contribution in [-0.2, 0) is 11.3 Å². The number of hydrogen-bond acceptors (Lipinski definition) is 5. The van der Waals surface area contributed by atoms with Crippen molar-refractivity contribution >= 4 is 11.3 Å². The molecule has 0 amide bonds. The number of morpholine rings is 1. The van der Waals surface area contributed by atoms with E-state index in [2.05, 4.69) is 15.8 Å². The maximum Gasteiger partial charge on any atom is 0.120 e. The maximum absolute atomic E-state index is 5.81. The molecule has 1 aliphatic heterocycles. The summed E-state index contributed by atoms with van der Waals surface area (Å²) in [6, 6.07) is 7.58. The first-order valence-corrected chi connectivity index (χ1v) is 8.13. The van der Waals surface area contributed by atoms with Crippen LogP contribution in [0.1, 0.15) is 10.6 Å². The van der Waals surface area contributed by atoms with Gasteiger partial charge in [-0.2, -0.15) is 0 Å². The van der Waals surface area contributed by atoms with Gasteiger partial charge >= 0.3 is 0 Å². The Hall–Kier alpha value is -1.87. The molecule has 1 unspecified atom stereocenters. The SMILES string of the molecule is C#Cc1cccc(OCC2CN(Cc3nccs3)CCO2)c1. The molecule has 1 saturated heterocycles. The molecule has 114 valence electrons. The maximum atomic E-state index is 5.81. The van der Waals surface area contributed by atoms with E-state index in [1.54, 1.807) is 11.3 Å². The van der Waals surface area contributed by atoms with E-state index < -0.39 is 0 Å². The smallest absolute Gasteiger partial charge is 0.120 e. The number of benzene rings is 1. The summed E-state index contributed by atoms with van der Waals surface area (Å²) in [7, 11) is 0. The molecular weight excluding hydrogens is 296 g/mol. The number of nitrogens with zero attached hydrogens (tertiary/aromatic N) is 2. The summed E-state index contributed by atoms with van der Waals surface area (Å²) < 4.78 is 11.6. The first kappa shape index (κ1) is 15.0. The zero-order valence-corrected chi connectivity index (χ0v) is 13.1. The van der Waals surface area contributed by atoms with E-state index in [-0.39, 0.29) is 6.10 Å². The first-order valence-electron chi connectivity index (χ1n) is 7.25. The molecule has 1 atom stereocenters. The van der Waals surface area contributed by atoms with Crippen LogP contribution in [0.15, 0.2) is 35.8 Å². The Bertz CT molecular complexity index is 636. The molecular formula is C17H18N2O2S. The molecule has 0 spiro atoms. The first-order chi connectivity index (χ1) is 10.8. The molecule has 2 heterocycles. The topological polar surface area (TPSA) is 34.6 Å². The summed E-state index contributed by atoms with van der Waals surface area (Å²) in [4.78, 5) is 6.69. The van der Waals surface area contributed by atoms with Gasteiger partial charge < -0.3 is 9.47 Å². The van der Waals surface area contributed by atoms with E-state index in [9.17, 15) is 0 Å². The highest BCUT2D eigenvalue weighted by atomic mass is 32.1. The largest absolute Gasteiger partial charge is 0.491 e. The molecule has 0 N–H and O–H groups in total. The third-order valence-electron chi connectivity index (χ3n) is 3.50. The molecule has 1 aromatic carbocycles. The average Bonchev–Trinajstić information content (AvgIpc) is 3.06. The monoisotopic (exact) mass is 314 g/mol. The summed E-state index contributed by atoms with van der Waals surface area (Å²) in [6.07, 6.45) is 7.32. The molecule has 2 aromatic rings. The van der Waals surface area contributed by atoms with Crippen LogP contribution in [0.2, 0.25) is 0 Å². The van der Waals surface area contributed by atoms with Crippen LogP contribution in [0, 0.1) is 12.3 Å². The van der Waals surface area contributed by atoms with Crippen molar-refractivity contribution in [2.75, 3.05) is 26.3 Å². The van der Waals surface area contributed by atoms with Gasteiger partial charge in [-0.15, -0.1) is 17.8 Å². The second-order valence-electron chi connectivity index (χ2n) is 5.14. The van der Waals surface area contributed by atoms with Crippen LogP contribution in [-0.4, -0.2) is 42.3 Å². The van der Waals surface area contributed by atoms with Gasteiger partial charge in [-0.1, -0.05) is 12.0 Å². The number of aromatic nitrogens is 1. The molecule has 22 heavy (non-hydrogen) atoms. The van der Waals surface area contributed by atoms with Crippen LogP contribution in [0.4, 0.5) is 0 Å². The highest BCUT2D eigenvalue weighted by Crippen LogP contribution is 2.16. The minimum absolute atomic E-state index is 0.0724. The predicted molar refractivity (Wildman–Crippen MR) is 87.0 cm³/mol. The Morgan fingerprint density at radius 2 is 2.45 bits per heavy atom. The molecule has 4 nitrogen and oxygen atoms in total. The lowest BCUT2D eigenvalue weighted by molar-refractivity contribution is -0.0504. The van der Waals surface area contributed by atoms with Crippen LogP contribution in [0.5, 0.6) is 5.75 Å². The minimum Gasteiger partial charge on any atom is -0.491 e. The van der Waals surface area contributed by atoms with Crippen molar-refractivity contribution in [3.8, 4) is 18.1 Å². The summed E-state index contributed by atoms with van der Waals surface area (Å²) in [5.41, 5.74) is 0.826. The van der Waals surface area contributed by atoms with Crippen LogP contribution >= 0.6 is 11.3 Å². The van der Waals surface area contributed by atoms with Gasteiger partial charge in [0.05, 0.1) is 13.2 Å². The van der Waals surface area contributed by atoms with Crippen molar-refractivity contribution in [3.05, 3.63) is 46.4 Å². The van der Waals surface area contributed by atoms with Crippen molar-refractivity contribution in [2.24, 2.45) is 0 Å².